The lowest BCUT2D eigenvalue weighted by Crippen LogP contribution is -2.43. The fraction of sp³-hybridized carbons (Fsp3) is 0.533. The summed E-state index contributed by atoms with van der Waals surface area (Å²) in [6.45, 7) is 3.87. The van der Waals surface area contributed by atoms with Gasteiger partial charge >= 0.3 is 5.97 Å². The highest BCUT2D eigenvalue weighted by molar-refractivity contribution is 6.30. The molecule has 0 spiro atoms. The number of carboxylic acids is 1. The van der Waals surface area contributed by atoms with Crippen molar-refractivity contribution in [2.75, 3.05) is 19.8 Å². The van der Waals surface area contributed by atoms with Crippen molar-refractivity contribution in [2.45, 2.75) is 25.9 Å². The first-order valence-electron chi connectivity index (χ1n) is 7.05. The second kappa shape index (κ2) is 7.11. The molecule has 1 aromatic rings. The summed E-state index contributed by atoms with van der Waals surface area (Å²) in [5.74, 6) is -1.20. The van der Waals surface area contributed by atoms with Crippen LogP contribution in [0.1, 0.15) is 18.9 Å². The molecule has 0 aromatic heterocycles. The minimum atomic E-state index is -0.839. The number of benzene rings is 1. The van der Waals surface area contributed by atoms with Gasteiger partial charge in [-0.1, -0.05) is 18.5 Å². The van der Waals surface area contributed by atoms with E-state index in [1.165, 1.54) is 0 Å². The predicted octanol–water partition coefficient (Wildman–Crippen LogP) is 2.36. The molecule has 0 amide bonds. The normalized spacial score (nSPS) is 21.9. The topological polar surface area (TPSA) is 70.0 Å². The number of nitrogens with zero attached hydrogens (tertiary/aromatic N) is 1. The van der Waals surface area contributed by atoms with Crippen molar-refractivity contribution >= 4 is 17.6 Å². The molecule has 2 atom stereocenters. The van der Waals surface area contributed by atoms with Crippen molar-refractivity contribution < 1.29 is 19.7 Å². The van der Waals surface area contributed by atoms with E-state index in [1.54, 1.807) is 18.2 Å². The van der Waals surface area contributed by atoms with E-state index in [4.69, 9.17) is 16.3 Å². The standard InChI is InChI=1S/C15H20ClNO4/c1-2-5-17(13-9-21-8-12(13)15(19)20)7-10-6-11(16)3-4-14(10)18/h3-4,6,12-13,18H,2,5,7-9H2,1H3,(H,19,20). The summed E-state index contributed by atoms with van der Waals surface area (Å²) in [7, 11) is 0. The lowest BCUT2D eigenvalue weighted by atomic mass is 10.0. The fourth-order valence-electron chi connectivity index (χ4n) is 2.69. The van der Waals surface area contributed by atoms with Crippen LogP contribution in [0, 0.1) is 5.92 Å². The highest BCUT2D eigenvalue weighted by Gasteiger charge is 2.37. The zero-order valence-electron chi connectivity index (χ0n) is 12.0. The molecule has 1 heterocycles. The summed E-state index contributed by atoms with van der Waals surface area (Å²) in [6.07, 6.45) is 0.893. The molecule has 0 saturated carbocycles. The largest absolute Gasteiger partial charge is 0.508 e. The highest BCUT2D eigenvalue weighted by Crippen LogP contribution is 2.27. The summed E-state index contributed by atoms with van der Waals surface area (Å²) in [5, 5.41) is 19.8. The van der Waals surface area contributed by atoms with Gasteiger partial charge in [-0.15, -0.1) is 0 Å². The SMILES string of the molecule is CCCN(Cc1cc(Cl)ccc1O)C1COCC1C(=O)O. The van der Waals surface area contributed by atoms with Gasteiger partial charge in [0, 0.05) is 23.2 Å². The number of rotatable bonds is 6. The summed E-state index contributed by atoms with van der Waals surface area (Å²) in [6, 6.07) is 4.72. The zero-order chi connectivity index (χ0) is 15.4. The Morgan fingerprint density at radius 1 is 1.48 bits per heavy atom. The Morgan fingerprint density at radius 3 is 2.90 bits per heavy atom. The van der Waals surface area contributed by atoms with Crippen LogP contribution in [0.4, 0.5) is 0 Å². The molecule has 0 aliphatic carbocycles. The van der Waals surface area contributed by atoms with Gasteiger partial charge in [-0.25, -0.2) is 0 Å². The van der Waals surface area contributed by atoms with E-state index >= 15 is 0 Å². The maximum Gasteiger partial charge on any atom is 0.310 e. The van der Waals surface area contributed by atoms with Crippen molar-refractivity contribution in [1.29, 1.82) is 0 Å². The van der Waals surface area contributed by atoms with Gasteiger partial charge in [0.15, 0.2) is 0 Å². The number of hydrogen-bond donors (Lipinski definition) is 2. The Morgan fingerprint density at radius 2 is 2.24 bits per heavy atom. The van der Waals surface area contributed by atoms with Crippen molar-refractivity contribution in [1.82, 2.24) is 4.90 Å². The monoisotopic (exact) mass is 313 g/mol. The lowest BCUT2D eigenvalue weighted by molar-refractivity contribution is -0.143. The quantitative estimate of drug-likeness (QED) is 0.843. The van der Waals surface area contributed by atoms with Crippen LogP contribution in [-0.2, 0) is 16.1 Å². The number of aromatic hydroxyl groups is 1. The fourth-order valence-corrected chi connectivity index (χ4v) is 2.88. The van der Waals surface area contributed by atoms with Crippen molar-refractivity contribution in [3.05, 3.63) is 28.8 Å². The number of halogens is 1. The van der Waals surface area contributed by atoms with Crippen LogP contribution >= 0.6 is 11.6 Å². The van der Waals surface area contributed by atoms with E-state index in [-0.39, 0.29) is 18.4 Å². The summed E-state index contributed by atoms with van der Waals surface area (Å²) < 4.78 is 5.34. The van der Waals surface area contributed by atoms with Crippen LogP contribution in [0.3, 0.4) is 0 Å². The van der Waals surface area contributed by atoms with E-state index in [0.717, 1.165) is 13.0 Å². The molecule has 1 fully saturated rings. The number of phenols is 1. The average molecular weight is 314 g/mol. The number of ether oxygens (including phenoxy) is 1. The second-order valence-corrected chi connectivity index (χ2v) is 5.73. The number of carbonyl (C=O) groups is 1. The molecule has 5 nitrogen and oxygen atoms in total. The van der Waals surface area contributed by atoms with Crippen LogP contribution in [0.15, 0.2) is 18.2 Å². The van der Waals surface area contributed by atoms with Crippen LogP contribution in [0.2, 0.25) is 5.02 Å². The van der Waals surface area contributed by atoms with Crippen LogP contribution < -0.4 is 0 Å². The molecular weight excluding hydrogens is 294 g/mol. The highest BCUT2D eigenvalue weighted by atomic mass is 35.5. The van der Waals surface area contributed by atoms with Crippen LogP contribution in [0.25, 0.3) is 0 Å². The molecule has 2 N–H and O–H groups in total. The molecule has 0 radical (unpaired) electrons. The number of carboxylic acid groups (broad SMARTS) is 1. The Labute approximate surface area is 129 Å². The molecule has 0 bridgehead atoms. The van der Waals surface area contributed by atoms with E-state index in [1.807, 2.05) is 6.92 Å². The Balaban J connectivity index is 2.18. The first-order valence-corrected chi connectivity index (χ1v) is 7.42. The van der Waals surface area contributed by atoms with E-state index in [9.17, 15) is 15.0 Å². The van der Waals surface area contributed by atoms with Gasteiger partial charge in [-0.05, 0) is 31.2 Å². The van der Waals surface area contributed by atoms with Gasteiger partial charge in [0.1, 0.15) is 5.75 Å². The zero-order valence-corrected chi connectivity index (χ0v) is 12.7. The predicted molar refractivity (Wildman–Crippen MR) is 79.6 cm³/mol. The molecule has 6 heteroatoms. The molecule has 116 valence electrons. The Kier molecular flexibility index (Phi) is 5.45. The van der Waals surface area contributed by atoms with Gasteiger partial charge < -0.3 is 14.9 Å². The number of aliphatic carboxylic acids is 1. The maximum absolute atomic E-state index is 11.3. The molecule has 1 aromatic carbocycles. The van der Waals surface area contributed by atoms with Gasteiger partial charge in [0.2, 0.25) is 0 Å². The molecular formula is C15H20ClNO4. The molecule has 2 rings (SSSR count). The Hall–Kier alpha value is -1.30. The lowest BCUT2D eigenvalue weighted by Gasteiger charge is -2.30. The van der Waals surface area contributed by atoms with Crippen molar-refractivity contribution in [3.8, 4) is 5.75 Å². The third kappa shape index (κ3) is 3.87. The number of phenolic OH excluding ortho intramolecular Hbond substituents is 1. The number of hydrogen-bond acceptors (Lipinski definition) is 4. The van der Waals surface area contributed by atoms with Gasteiger partial charge in [-0.3, -0.25) is 9.69 Å². The third-order valence-corrected chi connectivity index (χ3v) is 4.00. The first-order chi connectivity index (χ1) is 10.0. The van der Waals surface area contributed by atoms with Crippen LogP contribution in [-0.4, -0.2) is 46.9 Å². The maximum atomic E-state index is 11.3. The summed E-state index contributed by atoms with van der Waals surface area (Å²) in [5.41, 5.74) is 0.701. The van der Waals surface area contributed by atoms with E-state index in [2.05, 4.69) is 4.90 Å². The average Bonchev–Trinajstić information content (AvgIpc) is 2.91. The molecule has 2 unspecified atom stereocenters. The molecule has 21 heavy (non-hydrogen) atoms. The molecule has 1 aliphatic heterocycles. The molecule has 1 saturated heterocycles. The minimum absolute atomic E-state index is 0.172. The van der Waals surface area contributed by atoms with Gasteiger partial charge in [0.05, 0.1) is 19.1 Å². The van der Waals surface area contributed by atoms with E-state index < -0.39 is 11.9 Å². The Bertz CT molecular complexity index is 508. The van der Waals surface area contributed by atoms with Gasteiger partial charge in [0.25, 0.3) is 0 Å². The van der Waals surface area contributed by atoms with Gasteiger partial charge in [-0.2, -0.15) is 0 Å². The van der Waals surface area contributed by atoms with Crippen LogP contribution in [0.5, 0.6) is 5.75 Å². The van der Waals surface area contributed by atoms with E-state index in [0.29, 0.717) is 23.7 Å². The van der Waals surface area contributed by atoms with Crippen molar-refractivity contribution in [3.63, 3.8) is 0 Å². The summed E-state index contributed by atoms with van der Waals surface area (Å²) >= 11 is 5.97. The molecule has 1 aliphatic rings. The third-order valence-electron chi connectivity index (χ3n) is 3.76. The smallest absolute Gasteiger partial charge is 0.310 e. The summed E-state index contributed by atoms with van der Waals surface area (Å²) in [4.78, 5) is 13.4. The first kappa shape index (κ1) is 16.1. The minimum Gasteiger partial charge on any atom is -0.508 e. The van der Waals surface area contributed by atoms with Crippen molar-refractivity contribution in [2.24, 2.45) is 5.92 Å². The second-order valence-electron chi connectivity index (χ2n) is 5.29.